The van der Waals surface area contributed by atoms with Gasteiger partial charge in [-0.05, 0) is 41.1 Å². The van der Waals surface area contributed by atoms with E-state index >= 15 is 0 Å². The Kier molecular flexibility index (Phi) is 4.53. The molecule has 2 N–H and O–H groups in total. The molecule has 1 atom stereocenters. The quantitative estimate of drug-likeness (QED) is 0.614. The fraction of sp³-hybridized carbons (Fsp3) is 0.200. The Morgan fingerprint density at radius 2 is 2.14 bits per heavy atom. The van der Waals surface area contributed by atoms with Gasteiger partial charge in [0, 0.05) is 3.57 Å². The van der Waals surface area contributed by atoms with Crippen molar-refractivity contribution in [1.29, 1.82) is 5.26 Å². The summed E-state index contributed by atoms with van der Waals surface area (Å²) in [5.74, 6) is -0.739. The van der Waals surface area contributed by atoms with E-state index in [1.807, 2.05) is 30.3 Å². The minimum Gasteiger partial charge on any atom is -0.466 e. The summed E-state index contributed by atoms with van der Waals surface area (Å²) in [6, 6.07) is 9.54. The minimum atomic E-state index is -0.579. The molecule has 1 aromatic rings. The zero-order valence-corrected chi connectivity index (χ0v) is 13.7. The highest BCUT2D eigenvalue weighted by atomic mass is 127. The maximum Gasteiger partial charge on any atom is 0.338 e. The van der Waals surface area contributed by atoms with Crippen LogP contribution in [0, 0.1) is 14.9 Å². The Hall–Kier alpha value is -2.01. The van der Waals surface area contributed by atoms with Crippen molar-refractivity contribution in [2.24, 2.45) is 5.73 Å². The Morgan fingerprint density at radius 1 is 1.48 bits per heavy atom. The minimum absolute atomic E-state index is 0.0207. The lowest BCUT2D eigenvalue weighted by Crippen LogP contribution is -2.25. The second-order valence-electron chi connectivity index (χ2n) is 4.41. The number of benzene rings is 1. The van der Waals surface area contributed by atoms with Crippen LogP contribution >= 0.6 is 22.6 Å². The molecule has 0 unspecified atom stereocenters. The molecule has 0 spiro atoms. The average molecular weight is 396 g/mol. The second-order valence-corrected chi connectivity index (χ2v) is 5.57. The van der Waals surface area contributed by atoms with Crippen molar-refractivity contribution >= 4 is 28.6 Å². The van der Waals surface area contributed by atoms with Gasteiger partial charge in [-0.25, -0.2) is 4.79 Å². The highest BCUT2D eigenvalue weighted by Gasteiger charge is 2.36. The summed E-state index contributed by atoms with van der Waals surface area (Å²) in [6.45, 7) is 1.63. The standard InChI is InChI=1S/C15H13IN2O3/c1-8-12(15(19)20-2)13(10(7-17)14(18)21-8)9-5-3-4-6-11(9)16/h3-6,13H,18H2,1-2H3/t13-/m1/s1. The van der Waals surface area contributed by atoms with Crippen LogP contribution in [-0.4, -0.2) is 13.1 Å². The number of esters is 1. The molecule has 1 aromatic carbocycles. The first-order valence-corrected chi connectivity index (χ1v) is 7.20. The summed E-state index contributed by atoms with van der Waals surface area (Å²) in [5.41, 5.74) is 7.14. The van der Waals surface area contributed by atoms with Crippen molar-refractivity contribution < 1.29 is 14.3 Å². The van der Waals surface area contributed by atoms with Crippen LogP contribution in [0.3, 0.4) is 0 Å². The predicted octanol–water partition coefficient (Wildman–Crippen LogP) is 2.55. The number of rotatable bonds is 2. The number of carbonyl (C=O) groups excluding carboxylic acids is 1. The van der Waals surface area contributed by atoms with Gasteiger partial charge in [0.2, 0.25) is 5.88 Å². The Balaban J connectivity index is 2.70. The smallest absolute Gasteiger partial charge is 0.338 e. The summed E-state index contributed by atoms with van der Waals surface area (Å²) in [6.07, 6.45) is 0. The van der Waals surface area contributed by atoms with Crippen LogP contribution in [-0.2, 0) is 14.3 Å². The van der Waals surface area contributed by atoms with Gasteiger partial charge in [-0.15, -0.1) is 0 Å². The third-order valence-corrected chi connectivity index (χ3v) is 4.21. The van der Waals surface area contributed by atoms with E-state index in [2.05, 4.69) is 22.6 Å². The first-order chi connectivity index (χ1) is 10.0. The summed E-state index contributed by atoms with van der Waals surface area (Å²) in [4.78, 5) is 12.1. The van der Waals surface area contributed by atoms with Gasteiger partial charge in [0.1, 0.15) is 17.4 Å². The number of nitrogens with zero attached hydrogens (tertiary/aromatic N) is 1. The number of halogens is 1. The fourth-order valence-corrected chi connectivity index (χ4v) is 2.97. The summed E-state index contributed by atoms with van der Waals surface area (Å²) < 4.78 is 11.1. The highest BCUT2D eigenvalue weighted by Crippen LogP contribution is 2.40. The molecule has 0 aromatic heterocycles. The molecule has 1 aliphatic rings. The topological polar surface area (TPSA) is 85.3 Å². The second kappa shape index (κ2) is 6.18. The molecule has 0 bridgehead atoms. The number of ether oxygens (including phenoxy) is 2. The zero-order chi connectivity index (χ0) is 15.6. The van der Waals surface area contributed by atoms with Crippen molar-refractivity contribution in [3.63, 3.8) is 0 Å². The number of nitrogens with two attached hydrogens (primary N) is 1. The number of carbonyl (C=O) groups is 1. The van der Waals surface area contributed by atoms with E-state index in [1.54, 1.807) is 6.92 Å². The maximum absolute atomic E-state index is 12.1. The van der Waals surface area contributed by atoms with Crippen molar-refractivity contribution in [3.05, 3.63) is 56.2 Å². The van der Waals surface area contributed by atoms with Crippen LogP contribution in [0.25, 0.3) is 0 Å². The van der Waals surface area contributed by atoms with E-state index in [9.17, 15) is 10.1 Å². The van der Waals surface area contributed by atoms with Crippen molar-refractivity contribution in [2.75, 3.05) is 7.11 Å². The molecule has 0 saturated heterocycles. The van der Waals surface area contributed by atoms with E-state index in [0.29, 0.717) is 11.3 Å². The largest absolute Gasteiger partial charge is 0.466 e. The van der Waals surface area contributed by atoms with E-state index in [4.69, 9.17) is 15.2 Å². The number of methoxy groups -OCH3 is 1. The molecular formula is C15H13IN2O3. The first kappa shape index (κ1) is 15.4. The molecule has 2 rings (SSSR count). The van der Waals surface area contributed by atoms with Crippen molar-refractivity contribution in [1.82, 2.24) is 0 Å². The van der Waals surface area contributed by atoms with Crippen LogP contribution in [0.4, 0.5) is 0 Å². The molecule has 1 aliphatic heterocycles. The molecule has 21 heavy (non-hydrogen) atoms. The Labute approximate surface area is 136 Å². The number of nitriles is 1. The molecule has 0 saturated carbocycles. The molecular weight excluding hydrogens is 383 g/mol. The van der Waals surface area contributed by atoms with Crippen LogP contribution < -0.4 is 5.73 Å². The van der Waals surface area contributed by atoms with Gasteiger partial charge in [0.15, 0.2) is 0 Å². The van der Waals surface area contributed by atoms with Crippen LogP contribution in [0.2, 0.25) is 0 Å². The SMILES string of the molecule is COC(=O)C1=C(C)OC(N)=C(C#N)[C@H]1c1ccccc1I. The molecule has 6 heteroatoms. The summed E-state index contributed by atoms with van der Waals surface area (Å²) in [7, 11) is 1.29. The van der Waals surface area contributed by atoms with E-state index < -0.39 is 11.9 Å². The fourth-order valence-electron chi connectivity index (χ4n) is 2.28. The third kappa shape index (κ3) is 2.74. The number of allylic oxidation sites excluding steroid dienone is 2. The lowest BCUT2D eigenvalue weighted by molar-refractivity contribution is -0.136. The molecule has 0 radical (unpaired) electrons. The predicted molar refractivity (Wildman–Crippen MR) is 84.5 cm³/mol. The van der Waals surface area contributed by atoms with Gasteiger partial charge in [0.25, 0.3) is 0 Å². The number of hydrogen-bond acceptors (Lipinski definition) is 5. The van der Waals surface area contributed by atoms with Gasteiger partial charge >= 0.3 is 5.97 Å². The maximum atomic E-state index is 12.1. The lowest BCUT2D eigenvalue weighted by atomic mass is 9.83. The van der Waals surface area contributed by atoms with Crippen LogP contribution in [0.15, 0.2) is 47.1 Å². The molecule has 0 amide bonds. The van der Waals surface area contributed by atoms with E-state index in [1.165, 1.54) is 7.11 Å². The Morgan fingerprint density at radius 3 is 2.71 bits per heavy atom. The van der Waals surface area contributed by atoms with Gasteiger partial charge < -0.3 is 15.2 Å². The lowest BCUT2D eigenvalue weighted by Gasteiger charge is -2.27. The molecule has 0 fully saturated rings. The van der Waals surface area contributed by atoms with Crippen molar-refractivity contribution in [3.8, 4) is 6.07 Å². The monoisotopic (exact) mass is 396 g/mol. The molecule has 108 valence electrons. The summed E-state index contributed by atoms with van der Waals surface area (Å²) in [5, 5.41) is 9.40. The molecule has 1 heterocycles. The summed E-state index contributed by atoms with van der Waals surface area (Å²) >= 11 is 2.16. The van der Waals surface area contributed by atoms with Gasteiger partial charge in [-0.1, -0.05) is 18.2 Å². The van der Waals surface area contributed by atoms with Crippen LogP contribution in [0.5, 0.6) is 0 Å². The normalized spacial score (nSPS) is 18.1. The molecule has 5 nitrogen and oxygen atoms in total. The highest BCUT2D eigenvalue weighted by molar-refractivity contribution is 14.1. The van der Waals surface area contributed by atoms with Crippen molar-refractivity contribution in [2.45, 2.75) is 12.8 Å². The van der Waals surface area contributed by atoms with Gasteiger partial charge in [0.05, 0.1) is 18.6 Å². The number of hydrogen-bond donors (Lipinski definition) is 1. The first-order valence-electron chi connectivity index (χ1n) is 6.12. The zero-order valence-electron chi connectivity index (χ0n) is 11.5. The van der Waals surface area contributed by atoms with Gasteiger partial charge in [-0.2, -0.15) is 5.26 Å². The van der Waals surface area contributed by atoms with E-state index in [-0.39, 0.29) is 11.5 Å². The van der Waals surface area contributed by atoms with Crippen LogP contribution in [0.1, 0.15) is 18.4 Å². The average Bonchev–Trinajstić information content (AvgIpc) is 2.46. The Bertz CT molecular complexity index is 701. The molecule has 0 aliphatic carbocycles. The third-order valence-electron chi connectivity index (χ3n) is 3.23. The van der Waals surface area contributed by atoms with Gasteiger partial charge in [-0.3, -0.25) is 0 Å². The van der Waals surface area contributed by atoms with E-state index in [0.717, 1.165) is 9.13 Å².